The van der Waals surface area contributed by atoms with Crippen molar-refractivity contribution in [1.29, 1.82) is 0 Å². The van der Waals surface area contributed by atoms with Crippen molar-refractivity contribution in [2.75, 3.05) is 17.7 Å². The molecule has 1 aliphatic heterocycles. The van der Waals surface area contributed by atoms with Crippen LogP contribution in [-0.2, 0) is 4.79 Å². The van der Waals surface area contributed by atoms with E-state index >= 15 is 0 Å². The zero-order valence-electron chi connectivity index (χ0n) is 18.6. The van der Waals surface area contributed by atoms with Crippen molar-refractivity contribution in [3.8, 4) is 11.4 Å². The van der Waals surface area contributed by atoms with Gasteiger partial charge in [0.15, 0.2) is 17.5 Å². The topological polar surface area (TPSA) is 90.3 Å². The van der Waals surface area contributed by atoms with E-state index in [1.165, 1.54) is 11.8 Å². The molecule has 0 radical (unpaired) electrons. The molecule has 3 aromatic carbocycles. The molecule has 0 unspecified atom stereocenters. The van der Waals surface area contributed by atoms with E-state index in [-0.39, 0.29) is 29.6 Å². The molecule has 0 aliphatic carbocycles. The molecule has 0 bridgehead atoms. The summed E-state index contributed by atoms with van der Waals surface area (Å²) in [7, 11) is 0. The Morgan fingerprint density at radius 1 is 1.06 bits per heavy atom. The standard InChI is InChI=1S/C26H21N3O4S/c1-15-9-16(2)11-18(10-15)29-25(32)19-5-3-4-6-20(19)28-26(29)34-14-22(30)17-7-8-23-21(12-17)27-24(31)13-33-23/h3-12H,13-14H2,1-2H3,(H,27,31). The third kappa shape index (κ3) is 4.20. The summed E-state index contributed by atoms with van der Waals surface area (Å²) in [5, 5.41) is 3.67. The number of rotatable bonds is 5. The van der Waals surface area contributed by atoms with Crippen LogP contribution in [-0.4, -0.2) is 33.6 Å². The third-order valence-corrected chi connectivity index (χ3v) is 6.41. The number of hydrogen-bond acceptors (Lipinski definition) is 6. The lowest BCUT2D eigenvalue weighted by Gasteiger charge is -2.18. The molecule has 34 heavy (non-hydrogen) atoms. The predicted molar refractivity (Wildman–Crippen MR) is 132 cm³/mol. The number of aromatic nitrogens is 2. The van der Waals surface area contributed by atoms with E-state index in [1.807, 2.05) is 44.2 Å². The quantitative estimate of drug-likeness (QED) is 0.265. The van der Waals surface area contributed by atoms with Crippen molar-refractivity contribution in [2.45, 2.75) is 19.0 Å². The van der Waals surface area contributed by atoms with Crippen molar-refractivity contribution in [3.63, 3.8) is 0 Å². The number of Topliss-reactive ketones (excluding diaryl/α,β-unsaturated/α-hetero) is 1. The van der Waals surface area contributed by atoms with Crippen molar-refractivity contribution < 1.29 is 14.3 Å². The SMILES string of the molecule is Cc1cc(C)cc(-n2c(SCC(=O)c3ccc4c(c3)NC(=O)CO4)nc3ccccc3c2=O)c1. The fourth-order valence-electron chi connectivity index (χ4n) is 3.99. The van der Waals surface area contributed by atoms with Crippen LogP contribution in [0.3, 0.4) is 0 Å². The summed E-state index contributed by atoms with van der Waals surface area (Å²) in [6, 6.07) is 18.1. The molecular weight excluding hydrogens is 450 g/mol. The van der Waals surface area contributed by atoms with E-state index in [9.17, 15) is 14.4 Å². The number of carbonyl (C=O) groups excluding carboxylic acids is 2. The molecule has 7 nitrogen and oxygen atoms in total. The van der Waals surface area contributed by atoms with Gasteiger partial charge < -0.3 is 10.1 Å². The molecule has 5 rings (SSSR count). The van der Waals surface area contributed by atoms with E-state index in [2.05, 4.69) is 5.32 Å². The summed E-state index contributed by atoms with van der Waals surface area (Å²) < 4.78 is 6.93. The highest BCUT2D eigenvalue weighted by Crippen LogP contribution is 2.30. The fraction of sp³-hybridized carbons (Fsp3) is 0.154. The Balaban J connectivity index is 1.51. The lowest BCUT2D eigenvalue weighted by atomic mass is 10.1. The lowest BCUT2D eigenvalue weighted by Crippen LogP contribution is -2.25. The van der Waals surface area contributed by atoms with Gasteiger partial charge in [-0.25, -0.2) is 4.98 Å². The van der Waals surface area contributed by atoms with Crippen LogP contribution < -0.4 is 15.6 Å². The van der Waals surface area contributed by atoms with Crippen LogP contribution in [0.1, 0.15) is 21.5 Å². The molecule has 0 atom stereocenters. The second-order valence-electron chi connectivity index (χ2n) is 8.16. The van der Waals surface area contributed by atoms with Gasteiger partial charge in [0.2, 0.25) is 0 Å². The number of nitrogens with one attached hydrogen (secondary N) is 1. The largest absolute Gasteiger partial charge is 0.482 e. The van der Waals surface area contributed by atoms with Gasteiger partial charge in [-0.3, -0.25) is 19.0 Å². The molecule has 1 N–H and O–H groups in total. The maximum atomic E-state index is 13.4. The molecule has 1 aliphatic rings. The number of amides is 1. The number of hydrogen-bond donors (Lipinski definition) is 1. The van der Waals surface area contributed by atoms with E-state index in [1.54, 1.807) is 34.9 Å². The maximum Gasteiger partial charge on any atom is 0.266 e. The van der Waals surface area contributed by atoms with Crippen molar-refractivity contribution in [2.24, 2.45) is 0 Å². The number of ketones is 1. The van der Waals surface area contributed by atoms with E-state index in [0.717, 1.165) is 11.1 Å². The number of fused-ring (bicyclic) bond motifs is 2. The highest BCUT2D eigenvalue weighted by atomic mass is 32.2. The van der Waals surface area contributed by atoms with Gasteiger partial charge in [0.05, 0.1) is 28.0 Å². The summed E-state index contributed by atoms with van der Waals surface area (Å²) in [6.07, 6.45) is 0. The number of nitrogens with zero attached hydrogens (tertiary/aromatic N) is 2. The van der Waals surface area contributed by atoms with Crippen LogP contribution >= 0.6 is 11.8 Å². The second kappa shape index (κ2) is 8.79. The molecule has 1 amide bonds. The van der Waals surface area contributed by atoms with Gasteiger partial charge in [0.1, 0.15) is 5.75 Å². The van der Waals surface area contributed by atoms with Gasteiger partial charge in [-0.05, 0) is 67.4 Å². The van der Waals surface area contributed by atoms with Crippen LogP contribution in [0.2, 0.25) is 0 Å². The summed E-state index contributed by atoms with van der Waals surface area (Å²) in [5.41, 5.74) is 4.09. The smallest absolute Gasteiger partial charge is 0.266 e. The number of para-hydroxylation sites is 1. The van der Waals surface area contributed by atoms with Crippen LogP contribution in [0.25, 0.3) is 16.6 Å². The number of anilines is 1. The van der Waals surface area contributed by atoms with Crippen molar-refractivity contribution >= 4 is 40.0 Å². The first-order chi connectivity index (χ1) is 16.4. The van der Waals surface area contributed by atoms with Gasteiger partial charge >= 0.3 is 0 Å². The molecule has 2 heterocycles. The van der Waals surface area contributed by atoms with Gasteiger partial charge in [0, 0.05) is 5.56 Å². The zero-order valence-corrected chi connectivity index (χ0v) is 19.4. The molecule has 0 fully saturated rings. The first kappa shape index (κ1) is 21.9. The average Bonchev–Trinajstić information content (AvgIpc) is 2.81. The predicted octanol–water partition coefficient (Wildman–Crippen LogP) is 4.31. The number of ether oxygens (including phenoxy) is 1. The van der Waals surface area contributed by atoms with E-state index in [0.29, 0.717) is 38.7 Å². The Kier molecular flexibility index (Phi) is 5.67. The summed E-state index contributed by atoms with van der Waals surface area (Å²) in [4.78, 5) is 42.8. The zero-order chi connectivity index (χ0) is 23.8. The number of benzene rings is 3. The molecule has 170 valence electrons. The summed E-state index contributed by atoms with van der Waals surface area (Å²) in [5.74, 6) is 0.193. The maximum absolute atomic E-state index is 13.4. The Labute approximate surface area is 199 Å². The van der Waals surface area contributed by atoms with Gasteiger partial charge in [0.25, 0.3) is 11.5 Å². The minimum Gasteiger partial charge on any atom is -0.482 e. The number of thioether (sulfide) groups is 1. The first-order valence-corrected chi connectivity index (χ1v) is 11.7. The van der Waals surface area contributed by atoms with Gasteiger partial charge in [-0.1, -0.05) is 30.0 Å². The number of carbonyl (C=O) groups is 2. The van der Waals surface area contributed by atoms with Crippen molar-refractivity contribution in [3.05, 3.63) is 87.7 Å². The molecule has 0 spiro atoms. The molecule has 0 saturated carbocycles. The minimum atomic E-state index is -0.260. The Hall–Kier alpha value is -3.91. The summed E-state index contributed by atoms with van der Waals surface area (Å²) in [6.45, 7) is 3.91. The number of aryl methyl sites for hydroxylation is 2. The van der Waals surface area contributed by atoms with Gasteiger partial charge in [-0.2, -0.15) is 0 Å². The molecule has 4 aromatic rings. The average molecular weight is 472 g/mol. The highest BCUT2D eigenvalue weighted by Gasteiger charge is 2.19. The second-order valence-corrected chi connectivity index (χ2v) is 9.10. The first-order valence-electron chi connectivity index (χ1n) is 10.7. The highest BCUT2D eigenvalue weighted by molar-refractivity contribution is 7.99. The fourth-order valence-corrected chi connectivity index (χ4v) is 4.89. The Morgan fingerprint density at radius 2 is 1.82 bits per heavy atom. The van der Waals surface area contributed by atoms with Crippen LogP contribution in [0.4, 0.5) is 5.69 Å². The molecular formula is C26H21N3O4S. The van der Waals surface area contributed by atoms with Crippen molar-refractivity contribution in [1.82, 2.24) is 9.55 Å². The van der Waals surface area contributed by atoms with Crippen LogP contribution in [0, 0.1) is 13.8 Å². The van der Waals surface area contributed by atoms with Crippen LogP contribution in [0.5, 0.6) is 5.75 Å². The minimum absolute atomic E-state index is 0.0419. The monoisotopic (exact) mass is 471 g/mol. The van der Waals surface area contributed by atoms with E-state index in [4.69, 9.17) is 9.72 Å². The molecule has 8 heteroatoms. The van der Waals surface area contributed by atoms with Gasteiger partial charge in [-0.15, -0.1) is 0 Å². The Bertz CT molecular complexity index is 1510. The van der Waals surface area contributed by atoms with Crippen LogP contribution in [0.15, 0.2) is 70.6 Å². The lowest BCUT2D eigenvalue weighted by molar-refractivity contribution is -0.118. The molecule has 0 saturated heterocycles. The molecule has 1 aromatic heterocycles. The third-order valence-electron chi connectivity index (χ3n) is 5.48. The summed E-state index contributed by atoms with van der Waals surface area (Å²) >= 11 is 1.21. The van der Waals surface area contributed by atoms with E-state index < -0.39 is 0 Å². The Morgan fingerprint density at radius 3 is 2.62 bits per heavy atom. The normalized spacial score (nSPS) is 12.7.